The van der Waals surface area contributed by atoms with E-state index in [2.05, 4.69) is 10.3 Å². The molecule has 0 aliphatic carbocycles. The molecule has 1 saturated heterocycles. The molecule has 0 radical (unpaired) electrons. The van der Waals surface area contributed by atoms with Gasteiger partial charge in [-0.3, -0.25) is 9.89 Å². The minimum Gasteiger partial charge on any atom is -0.385 e. The number of rotatable bonds is 5. The second-order valence-electron chi connectivity index (χ2n) is 5.06. The van der Waals surface area contributed by atoms with Crippen LogP contribution in [-0.4, -0.2) is 81.5 Å². The highest BCUT2D eigenvalue weighted by Crippen LogP contribution is 2.25. The monoisotopic (exact) mass is 438 g/mol. The number of alkyl halides is 3. The summed E-state index contributed by atoms with van der Waals surface area (Å²) in [7, 11) is 3.33. The lowest BCUT2D eigenvalue weighted by molar-refractivity contribution is -0.181. The van der Waals surface area contributed by atoms with Crippen LogP contribution in [0.3, 0.4) is 0 Å². The predicted octanol–water partition coefficient (Wildman–Crippen LogP) is 1.78. The van der Waals surface area contributed by atoms with E-state index in [1.54, 1.807) is 14.2 Å². The molecular weight excluding hydrogens is 412 g/mol. The molecule has 0 aromatic heterocycles. The Morgan fingerprint density at radius 2 is 1.86 bits per heavy atom. The fraction of sp³-hybridized carbons (Fsp3) is 0.923. The molecule has 0 aromatic carbocycles. The number of piperazine rings is 1. The summed E-state index contributed by atoms with van der Waals surface area (Å²) in [5.41, 5.74) is 0. The maximum Gasteiger partial charge on any atom is 0.403 e. The van der Waals surface area contributed by atoms with Crippen LogP contribution in [0, 0.1) is 0 Å². The Balaban J connectivity index is 0.00000441. The molecule has 9 heteroatoms. The summed E-state index contributed by atoms with van der Waals surface area (Å²) in [6.07, 6.45) is -3.30. The number of hydrogen-bond acceptors (Lipinski definition) is 3. The second kappa shape index (κ2) is 10.5. The van der Waals surface area contributed by atoms with Gasteiger partial charge < -0.3 is 15.0 Å². The Hall–Kier alpha value is -0.290. The van der Waals surface area contributed by atoms with Gasteiger partial charge in [-0.15, -0.1) is 24.0 Å². The number of nitrogens with one attached hydrogen (secondary N) is 1. The van der Waals surface area contributed by atoms with Gasteiger partial charge in [0.05, 0.1) is 0 Å². The molecule has 1 rings (SSSR count). The van der Waals surface area contributed by atoms with Crippen molar-refractivity contribution in [3.63, 3.8) is 0 Å². The molecule has 5 nitrogen and oxygen atoms in total. The molecule has 0 aromatic rings. The molecule has 0 amide bonds. The first-order chi connectivity index (χ1) is 9.90. The van der Waals surface area contributed by atoms with Gasteiger partial charge in [-0.2, -0.15) is 13.2 Å². The van der Waals surface area contributed by atoms with Crippen LogP contribution in [-0.2, 0) is 4.74 Å². The molecule has 22 heavy (non-hydrogen) atoms. The van der Waals surface area contributed by atoms with Crippen LogP contribution in [0.15, 0.2) is 4.99 Å². The van der Waals surface area contributed by atoms with Gasteiger partial charge in [0.25, 0.3) is 0 Å². The summed E-state index contributed by atoms with van der Waals surface area (Å²) in [5.74, 6) is 0.741. The smallest absolute Gasteiger partial charge is 0.385 e. The molecule has 1 fully saturated rings. The minimum absolute atomic E-state index is 0. The Kier molecular flexibility index (Phi) is 10.3. The minimum atomic E-state index is -4.16. The largest absolute Gasteiger partial charge is 0.403 e. The summed E-state index contributed by atoms with van der Waals surface area (Å²) in [5, 5.41) is 3.20. The van der Waals surface area contributed by atoms with E-state index in [1.165, 1.54) is 11.8 Å². The highest BCUT2D eigenvalue weighted by Gasteiger charge is 2.40. The normalized spacial score (nSPS) is 18.8. The summed E-state index contributed by atoms with van der Waals surface area (Å²) in [6, 6.07) is -1.39. The lowest BCUT2D eigenvalue weighted by Crippen LogP contribution is -2.56. The van der Waals surface area contributed by atoms with Crippen molar-refractivity contribution in [2.45, 2.75) is 25.6 Å². The fourth-order valence-corrected chi connectivity index (χ4v) is 2.28. The van der Waals surface area contributed by atoms with Gasteiger partial charge in [0.2, 0.25) is 0 Å². The highest BCUT2D eigenvalue weighted by atomic mass is 127. The SMILES string of the molecule is CN=C(NCCCOC)N1CCN(C(C)C(F)(F)F)CC1.I. The average molecular weight is 438 g/mol. The number of halogens is 4. The van der Waals surface area contributed by atoms with Crippen LogP contribution in [0.4, 0.5) is 13.2 Å². The maximum atomic E-state index is 12.7. The molecule has 132 valence electrons. The van der Waals surface area contributed by atoms with Crippen molar-refractivity contribution in [2.75, 3.05) is 53.5 Å². The molecule has 1 N–H and O–H groups in total. The van der Waals surface area contributed by atoms with Crippen molar-refractivity contribution < 1.29 is 17.9 Å². The summed E-state index contributed by atoms with van der Waals surface area (Å²) in [6.45, 7) is 4.49. The first-order valence-electron chi connectivity index (χ1n) is 7.15. The van der Waals surface area contributed by atoms with Crippen LogP contribution in [0.2, 0.25) is 0 Å². The van der Waals surface area contributed by atoms with Crippen molar-refractivity contribution in [1.82, 2.24) is 15.1 Å². The molecule has 1 heterocycles. The number of guanidine groups is 1. The number of ether oxygens (including phenoxy) is 1. The van der Waals surface area contributed by atoms with E-state index in [1.807, 2.05) is 4.90 Å². The zero-order valence-electron chi connectivity index (χ0n) is 13.3. The number of hydrogen-bond donors (Lipinski definition) is 1. The van der Waals surface area contributed by atoms with Gasteiger partial charge in [0.15, 0.2) is 5.96 Å². The van der Waals surface area contributed by atoms with Crippen molar-refractivity contribution in [2.24, 2.45) is 4.99 Å². The van der Waals surface area contributed by atoms with E-state index in [0.29, 0.717) is 32.8 Å². The zero-order chi connectivity index (χ0) is 15.9. The maximum absolute atomic E-state index is 12.7. The Labute approximate surface area is 147 Å². The highest BCUT2D eigenvalue weighted by molar-refractivity contribution is 14.0. The first kappa shape index (κ1) is 21.7. The van der Waals surface area contributed by atoms with E-state index in [0.717, 1.165) is 18.9 Å². The second-order valence-corrected chi connectivity index (χ2v) is 5.06. The third-order valence-corrected chi connectivity index (χ3v) is 3.66. The van der Waals surface area contributed by atoms with Crippen LogP contribution in [0.25, 0.3) is 0 Å². The van der Waals surface area contributed by atoms with E-state index >= 15 is 0 Å². The lowest BCUT2D eigenvalue weighted by atomic mass is 10.2. The van der Waals surface area contributed by atoms with Crippen LogP contribution >= 0.6 is 24.0 Å². The van der Waals surface area contributed by atoms with Gasteiger partial charge in [-0.1, -0.05) is 0 Å². The third-order valence-electron chi connectivity index (χ3n) is 3.66. The number of aliphatic imine (C=N–C) groups is 1. The molecule has 0 spiro atoms. The molecule has 1 aliphatic heterocycles. The Morgan fingerprint density at radius 3 is 2.32 bits per heavy atom. The average Bonchev–Trinajstić information content (AvgIpc) is 2.46. The van der Waals surface area contributed by atoms with Crippen molar-refractivity contribution in [3.05, 3.63) is 0 Å². The third kappa shape index (κ3) is 6.86. The molecule has 0 bridgehead atoms. The van der Waals surface area contributed by atoms with Gasteiger partial charge in [0, 0.05) is 53.5 Å². The van der Waals surface area contributed by atoms with E-state index in [9.17, 15) is 13.2 Å². The van der Waals surface area contributed by atoms with Crippen molar-refractivity contribution in [3.8, 4) is 0 Å². The van der Waals surface area contributed by atoms with Gasteiger partial charge in [0.1, 0.15) is 6.04 Å². The topological polar surface area (TPSA) is 40.1 Å². The van der Waals surface area contributed by atoms with E-state index in [-0.39, 0.29) is 24.0 Å². The number of methoxy groups -OCH3 is 1. The van der Waals surface area contributed by atoms with Crippen LogP contribution < -0.4 is 5.32 Å². The standard InChI is InChI=1S/C13H25F3N4O.HI/c1-11(13(14,15)16)19-6-8-20(9-7-19)12(17-2)18-5-4-10-21-3;/h11H,4-10H2,1-3H3,(H,17,18);1H. The molecule has 1 unspecified atom stereocenters. The quantitative estimate of drug-likeness (QED) is 0.308. The molecule has 1 aliphatic rings. The Bertz CT molecular complexity index is 334. The zero-order valence-corrected chi connectivity index (χ0v) is 15.6. The van der Waals surface area contributed by atoms with E-state index in [4.69, 9.17) is 4.74 Å². The van der Waals surface area contributed by atoms with Gasteiger partial charge in [-0.25, -0.2) is 0 Å². The van der Waals surface area contributed by atoms with Crippen LogP contribution in [0.5, 0.6) is 0 Å². The fourth-order valence-electron chi connectivity index (χ4n) is 2.28. The summed E-state index contributed by atoms with van der Waals surface area (Å²) < 4.78 is 43.0. The first-order valence-corrected chi connectivity index (χ1v) is 7.15. The lowest BCUT2D eigenvalue weighted by Gasteiger charge is -2.39. The van der Waals surface area contributed by atoms with Gasteiger partial charge >= 0.3 is 6.18 Å². The number of nitrogens with zero attached hydrogens (tertiary/aromatic N) is 3. The summed E-state index contributed by atoms with van der Waals surface area (Å²) in [4.78, 5) is 7.64. The van der Waals surface area contributed by atoms with Gasteiger partial charge in [-0.05, 0) is 13.3 Å². The summed E-state index contributed by atoms with van der Waals surface area (Å²) >= 11 is 0. The molecule has 0 saturated carbocycles. The molecule has 1 atom stereocenters. The van der Waals surface area contributed by atoms with Crippen molar-refractivity contribution >= 4 is 29.9 Å². The Morgan fingerprint density at radius 1 is 1.27 bits per heavy atom. The molecular formula is C13H26F3IN4O. The predicted molar refractivity (Wildman–Crippen MR) is 91.9 cm³/mol. The van der Waals surface area contributed by atoms with Crippen molar-refractivity contribution in [1.29, 1.82) is 0 Å². The van der Waals surface area contributed by atoms with E-state index < -0.39 is 12.2 Å². The van der Waals surface area contributed by atoms with Crippen LogP contribution in [0.1, 0.15) is 13.3 Å².